The van der Waals surface area contributed by atoms with Gasteiger partial charge in [0.25, 0.3) is 0 Å². The summed E-state index contributed by atoms with van der Waals surface area (Å²) in [6.45, 7) is 2.00. The minimum Gasteiger partial charge on any atom is -0.385 e. The van der Waals surface area contributed by atoms with Crippen molar-refractivity contribution in [2.75, 3.05) is 10.6 Å². The lowest BCUT2D eigenvalue weighted by Gasteiger charge is -2.11. The fraction of sp³-hybridized carbons (Fsp3) is 0.269. The number of aliphatic hydroxyl groups excluding tert-OH is 1. The van der Waals surface area contributed by atoms with Gasteiger partial charge in [0.1, 0.15) is 23.4 Å². The highest BCUT2D eigenvalue weighted by atomic mass is 35.5. The molecule has 1 saturated carbocycles. The number of pyridine rings is 2. The molecule has 5 heterocycles. The van der Waals surface area contributed by atoms with Gasteiger partial charge in [-0.1, -0.05) is 17.7 Å². The standard InChI is InChI=1S/C26H25ClN8O2/c1-15(36)26-32-22(28-11-19-13-35-12-17(16-2-3-16)4-5-24(35)30-19)10-23(33-26)31-25(37)9-20-21-8-18(27)6-7-34(21)14-29-20/h4-8,10,12-16,36H,2-3,9,11H2,1H3,(H2,28,31,32,33,37). The van der Waals surface area contributed by atoms with Crippen LogP contribution in [0.1, 0.15) is 54.6 Å². The number of aliphatic hydroxyl groups is 1. The third-order valence-electron chi connectivity index (χ3n) is 6.32. The number of hydrogen-bond acceptors (Lipinski definition) is 7. The summed E-state index contributed by atoms with van der Waals surface area (Å²) in [6.07, 6.45) is 9.20. The van der Waals surface area contributed by atoms with E-state index in [1.54, 1.807) is 42.0 Å². The zero-order chi connectivity index (χ0) is 25.5. The molecule has 1 amide bonds. The van der Waals surface area contributed by atoms with E-state index in [0.29, 0.717) is 29.0 Å². The van der Waals surface area contributed by atoms with Gasteiger partial charge in [0.2, 0.25) is 5.91 Å². The lowest BCUT2D eigenvalue weighted by atomic mass is 10.2. The van der Waals surface area contributed by atoms with Crippen molar-refractivity contribution < 1.29 is 9.90 Å². The first-order valence-corrected chi connectivity index (χ1v) is 12.5. The van der Waals surface area contributed by atoms with Gasteiger partial charge in [-0.05, 0) is 49.4 Å². The summed E-state index contributed by atoms with van der Waals surface area (Å²) in [5.41, 5.74) is 4.43. The Bertz CT molecular complexity index is 1620. The first kappa shape index (κ1) is 23.4. The quantitative estimate of drug-likeness (QED) is 0.283. The number of nitrogens with one attached hydrogen (secondary N) is 2. The molecule has 6 rings (SSSR count). The number of anilines is 2. The van der Waals surface area contributed by atoms with Gasteiger partial charge in [0.15, 0.2) is 5.82 Å². The first-order chi connectivity index (χ1) is 17.9. The number of carbonyl (C=O) groups excluding carboxylic acids is 1. The van der Waals surface area contributed by atoms with E-state index in [-0.39, 0.29) is 24.0 Å². The molecule has 1 aliphatic carbocycles. The number of halogens is 1. The Hall–Kier alpha value is -4.02. The SMILES string of the molecule is CC(O)c1nc(NCc2cn3cc(C4CC4)ccc3n2)cc(NC(=O)Cc2ncn3ccc(Cl)cc23)n1. The zero-order valence-corrected chi connectivity index (χ0v) is 20.9. The zero-order valence-electron chi connectivity index (χ0n) is 20.1. The molecule has 188 valence electrons. The second-order valence-electron chi connectivity index (χ2n) is 9.31. The van der Waals surface area contributed by atoms with E-state index >= 15 is 0 Å². The normalized spacial score (nSPS) is 14.2. The Morgan fingerprint density at radius 3 is 2.78 bits per heavy atom. The predicted octanol–water partition coefficient (Wildman–Crippen LogP) is 4.15. The highest BCUT2D eigenvalue weighted by molar-refractivity contribution is 6.30. The monoisotopic (exact) mass is 516 g/mol. The summed E-state index contributed by atoms with van der Waals surface area (Å²) in [5, 5.41) is 16.7. The molecule has 0 saturated heterocycles. The van der Waals surface area contributed by atoms with Crippen molar-refractivity contribution >= 4 is 40.3 Å². The molecule has 3 N–H and O–H groups in total. The van der Waals surface area contributed by atoms with Gasteiger partial charge in [-0.3, -0.25) is 4.79 Å². The van der Waals surface area contributed by atoms with Crippen LogP contribution in [-0.2, 0) is 17.8 Å². The number of carbonyl (C=O) groups is 1. The first-order valence-electron chi connectivity index (χ1n) is 12.1. The Morgan fingerprint density at radius 2 is 1.97 bits per heavy atom. The lowest BCUT2D eigenvalue weighted by Crippen LogP contribution is -2.17. The summed E-state index contributed by atoms with van der Waals surface area (Å²) in [6, 6.07) is 9.34. The summed E-state index contributed by atoms with van der Waals surface area (Å²) in [5.74, 6) is 1.32. The predicted molar refractivity (Wildman–Crippen MR) is 140 cm³/mol. The van der Waals surface area contributed by atoms with Crippen molar-refractivity contribution in [3.63, 3.8) is 0 Å². The summed E-state index contributed by atoms with van der Waals surface area (Å²) in [7, 11) is 0. The van der Waals surface area contributed by atoms with Gasteiger partial charge in [-0.2, -0.15) is 0 Å². The molecule has 0 spiro atoms. The third kappa shape index (κ3) is 5.11. The second kappa shape index (κ2) is 9.45. The van der Waals surface area contributed by atoms with Crippen LogP contribution >= 0.6 is 11.6 Å². The van der Waals surface area contributed by atoms with Gasteiger partial charge in [0.05, 0.1) is 36.2 Å². The van der Waals surface area contributed by atoms with Crippen LogP contribution in [0.15, 0.2) is 55.2 Å². The van der Waals surface area contributed by atoms with E-state index in [0.717, 1.165) is 16.9 Å². The summed E-state index contributed by atoms with van der Waals surface area (Å²) >= 11 is 6.10. The maximum atomic E-state index is 12.8. The average molecular weight is 517 g/mol. The van der Waals surface area contributed by atoms with Crippen LogP contribution in [0.3, 0.4) is 0 Å². The van der Waals surface area contributed by atoms with E-state index in [1.807, 2.05) is 16.7 Å². The van der Waals surface area contributed by atoms with Crippen LogP contribution < -0.4 is 10.6 Å². The Balaban J connectivity index is 1.17. The van der Waals surface area contributed by atoms with Crippen molar-refractivity contribution in [3.05, 3.63) is 83.0 Å². The van der Waals surface area contributed by atoms with E-state index in [1.165, 1.54) is 18.4 Å². The molecule has 1 fully saturated rings. The molecular weight excluding hydrogens is 492 g/mol. The Labute approximate surface area is 217 Å². The Kier molecular flexibility index (Phi) is 5.97. The van der Waals surface area contributed by atoms with E-state index in [9.17, 15) is 9.90 Å². The molecule has 0 aliphatic heterocycles. The van der Waals surface area contributed by atoms with Crippen molar-refractivity contribution in [1.82, 2.24) is 28.7 Å². The van der Waals surface area contributed by atoms with E-state index in [2.05, 4.69) is 42.8 Å². The van der Waals surface area contributed by atoms with Crippen LogP contribution in [0.4, 0.5) is 11.6 Å². The lowest BCUT2D eigenvalue weighted by molar-refractivity contribution is -0.115. The Morgan fingerprint density at radius 1 is 1.14 bits per heavy atom. The maximum Gasteiger partial charge on any atom is 0.231 e. The number of rotatable bonds is 8. The topological polar surface area (TPSA) is 122 Å². The molecule has 1 atom stereocenters. The highest BCUT2D eigenvalue weighted by Crippen LogP contribution is 2.39. The summed E-state index contributed by atoms with van der Waals surface area (Å²) in [4.78, 5) is 30.5. The van der Waals surface area contributed by atoms with Gasteiger partial charge >= 0.3 is 0 Å². The van der Waals surface area contributed by atoms with Crippen molar-refractivity contribution in [3.8, 4) is 0 Å². The van der Waals surface area contributed by atoms with Crippen molar-refractivity contribution in [2.24, 2.45) is 0 Å². The molecule has 37 heavy (non-hydrogen) atoms. The molecule has 10 nitrogen and oxygen atoms in total. The fourth-order valence-electron chi connectivity index (χ4n) is 4.28. The van der Waals surface area contributed by atoms with Gasteiger partial charge in [-0.25, -0.2) is 19.9 Å². The number of nitrogens with zero attached hydrogens (tertiary/aromatic N) is 6. The van der Waals surface area contributed by atoms with E-state index < -0.39 is 6.10 Å². The molecule has 1 unspecified atom stereocenters. The largest absolute Gasteiger partial charge is 0.385 e. The fourth-order valence-corrected chi connectivity index (χ4v) is 4.44. The molecule has 5 aromatic rings. The van der Waals surface area contributed by atoms with E-state index in [4.69, 9.17) is 11.6 Å². The van der Waals surface area contributed by atoms with Gasteiger partial charge in [-0.15, -0.1) is 0 Å². The maximum absolute atomic E-state index is 12.8. The van der Waals surface area contributed by atoms with Crippen LogP contribution in [-0.4, -0.2) is 39.8 Å². The molecule has 0 bridgehead atoms. The third-order valence-corrected chi connectivity index (χ3v) is 6.55. The van der Waals surface area contributed by atoms with Crippen LogP contribution in [0.5, 0.6) is 0 Å². The number of amides is 1. The van der Waals surface area contributed by atoms with Crippen LogP contribution in [0.2, 0.25) is 5.02 Å². The molecule has 0 aromatic carbocycles. The van der Waals surface area contributed by atoms with Crippen molar-refractivity contribution in [1.29, 1.82) is 0 Å². The number of hydrogen-bond donors (Lipinski definition) is 3. The van der Waals surface area contributed by atoms with Gasteiger partial charge < -0.3 is 24.5 Å². The molecule has 11 heteroatoms. The second-order valence-corrected chi connectivity index (χ2v) is 9.75. The number of imidazole rings is 2. The van der Waals surface area contributed by atoms with Crippen LogP contribution in [0.25, 0.3) is 11.2 Å². The minimum absolute atomic E-state index is 0.0394. The van der Waals surface area contributed by atoms with Crippen molar-refractivity contribution in [2.45, 2.75) is 44.8 Å². The highest BCUT2D eigenvalue weighted by Gasteiger charge is 2.23. The van der Waals surface area contributed by atoms with Gasteiger partial charge in [0, 0.05) is 29.7 Å². The smallest absolute Gasteiger partial charge is 0.231 e. The minimum atomic E-state index is -0.910. The molecule has 1 aliphatic rings. The molecular formula is C26H25ClN8O2. The molecule has 5 aromatic heterocycles. The summed E-state index contributed by atoms with van der Waals surface area (Å²) < 4.78 is 3.85. The number of aromatic nitrogens is 6. The van der Waals surface area contributed by atoms with Crippen LogP contribution in [0, 0.1) is 0 Å². The average Bonchev–Trinajstić information content (AvgIpc) is 3.54. The molecule has 0 radical (unpaired) electrons. The number of fused-ring (bicyclic) bond motifs is 2.